The number of carbonyl (C=O) groups is 1. The number of benzene rings is 3. The number of hydrogen-bond acceptors (Lipinski definition) is 3. The summed E-state index contributed by atoms with van der Waals surface area (Å²) in [5.41, 5.74) is 5.21. The number of imidazole rings is 1. The molecule has 0 bridgehead atoms. The summed E-state index contributed by atoms with van der Waals surface area (Å²) >= 11 is 6.23. The monoisotopic (exact) mass is 445 g/mol. The second kappa shape index (κ2) is 8.32. The van der Waals surface area contributed by atoms with Crippen LogP contribution in [0.1, 0.15) is 29.3 Å². The third-order valence-corrected chi connectivity index (χ3v) is 6.43. The lowest BCUT2D eigenvalue weighted by atomic mass is 10.1. The molecular weight excluding hydrogens is 422 g/mol. The van der Waals surface area contributed by atoms with Gasteiger partial charge in [0.25, 0.3) is 0 Å². The molecule has 2 heterocycles. The van der Waals surface area contributed by atoms with Crippen LogP contribution in [-0.4, -0.2) is 29.1 Å². The van der Waals surface area contributed by atoms with Gasteiger partial charge in [-0.1, -0.05) is 48.0 Å². The number of anilines is 1. The van der Waals surface area contributed by atoms with Crippen LogP contribution in [-0.2, 0) is 11.3 Å². The summed E-state index contributed by atoms with van der Waals surface area (Å²) in [6.07, 6.45) is 0.396. The van der Waals surface area contributed by atoms with Crippen LogP contribution in [0.15, 0.2) is 66.7 Å². The van der Waals surface area contributed by atoms with Crippen molar-refractivity contribution in [2.75, 3.05) is 18.6 Å². The average molecular weight is 446 g/mol. The number of carbonyl (C=O) groups excluding carboxylic acids is 1. The van der Waals surface area contributed by atoms with E-state index in [-0.39, 0.29) is 11.8 Å². The summed E-state index contributed by atoms with van der Waals surface area (Å²) in [5, 5.41) is 0.573. The summed E-state index contributed by atoms with van der Waals surface area (Å²) in [4.78, 5) is 19.8. The Hall–Kier alpha value is -3.31. The Labute approximate surface area is 192 Å². The molecule has 1 aliphatic rings. The molecule has 32 heavy (non-hydrogen) atoms. The number of fused-ring (bicyclic) bond motifs is 1. The van der Waals surface area contributed by atoms with E-state index in [0.717, 1.165) is 16.9 Å². The van der Waals surface area contributed by atoms with Crippen LogP contribution >= 0.6 is 11.6 Å². The van der Waals surface area contributed by atoms with Gasteiger partial charge in [-0.2, -0.15) is 0 Å². The summed E-state index contributed by atoms with van der Waals surface area (Å²) in [6.45, 7) is 3.38. The smallest absolute Gasteiger partial charge is 0.227 e. The van der Waals surface area contributed by atoms with Crippen molar-refractivity contribution in [2.45, 2.75) is 25.8 Å². The van der Waals surface area contributed by atoms with Gasteiger partial charge < -0.3 is 14.2 Å². The van der Waals surface area contributed by atoms with Crippen LogP contribution in [0.2, 0.25) is 5.02 Å². The Balaban J connectivity index is 1.55. The molecule has 0 spiro atoms. The first kappa shape index (κ1) is 20.6. The van der Waals surface area contributed by atoms with Crippen molar-refractivity contribution in [3.8, 4) is 5.75 Å². The molecule has 0 aliphatic carbocycles. The van der Waals surface area contributed by atoms with Gasteiger partial charge in [-0.3, -0.25) is 4.79 Å². The van der Waals surface area contributed by atoms with Crippen molar-refractivity contribution in [2.24, 2.45) is 0 Å². The van der Waals surface area contributed by atoms with Gasteiger partial charge in [0.1, 0.15) is 11.6 Å². The first-order valence-electron chi connectivity index (χ1n) is 10.7. The third-order valence-electron chi connectivity index (χ3n) is 6.20. The van der Waals surface area contributed by atoms with E-state index in [1.165, 1.54) is 11.1 Å². The Morgan fingerprint density at radius 3 is 2.69 bits per heavy atom. The highest BCUT2D eigenvalue weighted by Gasteiger charge is 2.36. The maximum absolute atomic E-state index is 13.1. The quantitative estimate of drug-likeness (QED) is 0.403. The van der Waals surface area contributed by atoms with Crippen molar-refractivity contribution in [3.63, 3.8) is 0 Å². The van der Waals surface area contributed by atoms with E-state index < -0.39 is 0 Å². The second-order valence-electron chi connectivity index (χ2n) is 8.19. The fourth-order valence-electron chi connectivity index (χ4n) is 4.52. The summed E-state index contributed by atoms with van der Waals surface area (Å²) in [6, 6.07) is 21.9. The van der Waals surface area contributed by atoms with Gasteiger partial charge in [0.2, 0.25) is 5.91 Å². The third kappa shape index (κ3) is 3.63. The van der Waals surface area contributed by atoms with E-state index >= 15 is 0 Å². The molecule has 1 fully saturated rings. The predicted molar refractivity (Wildman–Crippen MR) is 128 cm³/mol. The number of amides is 1. The number of hydrogen-bond donors (Lipinski definition) is 0. The maximum Gasteiger partial charge on any atom is 0.227 e. The molecule has 5 nitrogen and oxygen atoms in total. The Morgan fingerprint density at radius 2 is 1.88 bits per heavy atom. The van der Waals surface area contributed by atoms with Crippen molar-refractivity contribution >= 4 is 34.2 Å². The van der Waals surface area contributed by atoms with Crippen molar-refractivity contribution < 1.29 is 9.53 Å². The highest BCUT2D eigenvalue weighted by molar-refractivity contribution is 6.31. The highest BCUT2D eigenvalue weighted by atomic mass is 35.5. The van der Waals surface area contributed by atoms with E-state index in [2.05, 4.69) is 41.8 Å². The molecule has 1 aromatic heterocycles. The highest BCUT2D eigenvalue weighted by Crippen LogP contribution is 2.38. The van der Waals surface area contributed by atoms with E-state index in [1.54, 1.807) is 30.2 Å². The van der Waals surface area contributed by atoms with Gasteiger partial charge >= 0.3 is 0 Å². The zero-order valence-corrected chi connectivity index (χ0v) is 18.8. The van der Waals surface area contributed by atoms with E-state index in [1.807, 2.05) is 18.2 Å². The number of ether oxygens (including phenoxy) is 1. The molecule has 6 heteroatoms. The van der Waals surface area contributed by atoms with Gasteiger partial charge in [-0.15, -0.1) is 0 Å². The number of methoxy groups -OCH3 is 1. The van der Waals surface area contributed by atoms with Gasteiger partial charge in [0.15, 0.2) is 0 Å². The molecule has 1 aliphatic heterocycles. The van der Waals surface area contributed by atoms with Crippen LogP contribution in [0.4, 0.5) is 5.69 Å². The molecule has 0 saturated carbocycles. The molecule has 4 aromatic rings. The van der Waals surface area contributed by atoms with E-state index in [0.29, 0.717) is 36.0 Å². The molecule has 1 amide bonds. The summed E-state index contributed by atoms with van der Waals surface area (Å²) < 4.78 is 7.75. The zero-order valence-electron chi connectivity index (χ0n) is 18.1. The molecular formula is C26H24ClN3O2. The lowest BCUT2D eigenvalue weighted by Gasteiger charge is -2.20. The maximum atomic E-state index is 13.1. The van der Waals surface area contributed by atoms with Crippen LogP contribution in [0, 0.1) is 6.92 Å². The molecule has 0 N–H and O–H groups in total. The van der Waals surface area contributed by atoms with Crippen LogP contribution in [0.3, 0.4) is 0 Å². The molecule has 0 radical (unpaired) electrons. The number of nitrogens with zero attached hydrogens (tertiary/aromatic N) is 3. The molecule has 3 aromatic carbocycles. The molecule has 0 unspecified atom stereocenters. The first-order valence-corrected chi connectivity index (χ1v) is 11.1. The predicted octanol–water partition coefficient (Wildman–Crippen LogP) is 5.58. The van der Waals surface area contributed by atoms with Crippen molar-refractivity contribution in [1.29, 1.82) is 0 Å². The van der Waals surface area contributed by atoms with Crippen LogP contribution < -0.4 is 9.64 Å². The lowest BCUT2D eigenvalue weighted by molar-refractivity contribution is -0.117. The number of aromatic nitrogens is 2. The van der Waals surface area contributed by atoms with Gasteiger partial charge in [-0.05, 0) is 48.4 Å². The zero-order chi connectivity index (χ0) is 22.2. The largest absolute Gasteiger partial charge is 0.495 e. The number of aryl methyl sites for hydroxylation is 1. The van der Waals surface area contributed by atoms with Gasteiger partial charge in [-0.25, -0.2) is 4.98 Å². The molecule has 1 saturated heterocycles. The lowest BCUT2D eigenvalue weighted by Crippen LogP contribution is -2.25. The van der Waals surface area contributed by atoms with Crippen LogP contribution in [0.5, 0.6) is 5.75 Å². The van der Waals surface area contributed by atoms with Gasteiger partial charge in [0, 0.05) is 30.5 Å². The first-order chi connectivity index (χ1) is 15.5. The number of para-hydroxylation sites is 2. The summed E-state index contributed by atoms with van der Waals surface area (Å²) in [7, 11) is 1.60. The second-order valence-corrected chi connectivity index (χ2v) is 8.63. The number of rotatable bonds is 5. The normalized spacial score (nSPS) is 16.2. The van der Waals surface area contributed by atoms with Crippen molar-refractivity contribution in [3.05, 3.63) is 88.7 Å². The van der Waals surface area contributed by atoms with E-state index in [4.69, 9.17) is 21.3 Å². The Bertz CT molecular complexity index is 1310. The van der Waals surface area contributed by atoms with Gasteiger partial charge in [0.05, 0.1) is 23.8 Å². The fourth-order valence-corrected chi connectivity index (χ4v) is 4.68. The van der Waals surface area contributed by atoms with Crippen LogP contribution in [0.25, 0.3) is 11.0 Å². The topological polar surface area (TPSA) is 47.4 Å². The minimum atomic E-state index is -0.0254. The minimum absolute atomic E-state index is 0.0254. The Morgan fingerprint density at radius 1 is 1.09 bits per heavy atom. The average Bonchev–Trinajstić information content (AvgIpc) is 3.36. The van der Waals surface area contributed by atoms with Crippen molar-refractivity contribution in [1.82, 2.24) is 9.55 Å². The molecule has 5 rings (SSSR count). The minimum Gasteiger partial charge on any atom is -0.495 e. The number of halogens is 1. The SMILES string of the molecule is COc1ccc(Cl)cc1N1C[C@@H](c2nc3ccccc3n2Cc2ccccc2C)CC1=O. The molecule has 1 atom stereocenters. The standard InChI is InChI=1S/C26H24ClN3O2/c1-17-7-3-4-8-18(17)15-30-22-10-6-5-9-21(22)28-26(30)19-13-25(31)29(16-19)23-14-20(27)11-12-24(23)32-2/h3-12,14,19H,13,15-16H2,1-2H3/t19-/m0/s1. The summed E-state index contributed by atoms with van der Waals surface area (Å²) in [5.74, 6) is 1.59. The molecule has 162 valence electrons. The fraction of sp³-hybridized carbons (Fsp3) is 0.231. The Kier molecular flexibility index (Phi) is 5.35. The van der Waals surface area contributed by atoms with E-state index in [9.17, 15) is 4.79 Å².